The molecular formula is C20H20ClFN2O. The van der Waals surface area contributed by atoms with Crippen LogP contribution >= 0.6 is 11.6 Å². The van der Waals surface area contributed by atoms with Crippen LogP contribution in [0.3, 0.4) is 0 Å². The Morgan fingerprint density at radius 2 is 1.96 bits per heavy atom. The lowest BCUT2D eigenvalue weighted by molar-refractivity contribution is -0.136. The summed E-state index contributed by atoms with van der Waals surface area (Å²) in [6, 6.07) is 14.2. The molecule has 0 spiro atoms. The molecule has 1 amide bonds. The Kier molecular flexibility index (Phi) is 4.48. The number of carbonyl (C=O) groups excluding carboxylic acids is 1. The molecule has 2 aromatic rings. The van der Waals surface area contributed by atoms with E-state index in [0.29, 0.717) is 18.1 Å². The van der Waals surface area contributed by atoms with Gasteiger partial charge in [-0.3, -0.25) is 4.79 Å². The summed E-state index contributed by atoms with van der Waals surface area (Å²) in [5, 5.41) is 4.02. The number of piperazine rings is 1. The third kappa shape index (κ3) is 3.42. The van der Waals surface area contributed by atoms with Gasteiger partial charge in [-0.2, -0.15) is 0 Å². The van der Waals surface area contributed by atoms with Crippen molar-refractivity contribution in [2.24, 2.45) is 5.92 Å². The number of amides is 1. The van der Waals surface area contributed by atoms with E-state index in [0.717, 1.165) is 24.1 Å². The van der Waals surface area contributed by atoms with Gasteiger partial charge in [-0.15, -0.1) is 0 Å². The van der Waals surface area contributed by atoms with E-state index in [-0.39, 0.29) is 29.6 Å². The van der Waals surface area contributed by atoms with E-state index >= 15 is 0 Å². The fraction of sp³-hybridized carbons (Fsp3) is 0.350. The average Bonchev–Trinajstić information content (AvgIpc) is 3.42. The van der Waals surface area contributed by atoms with E-state index in [2.05, 4.69) is 5.32 Å². The van der Waals surface area contributed by atoms with Crippen molar-refractivity contribution in [3.8, 4) is 0 Å². The molecule has 1 aliphatic carbocycles. The standard InChI is InChI=1S/C20H20ClFN2O/c21-15-5-1-3-13(9-15)17-11-18(17)20(25)24-8-7-23-12-19(24)14-4-2-6-16(22)10-14/h1-6,9-10,17-19,23H,7-8,11-12H2. The molecule has 1 heterocycles. The van der Waals surface area contributed by atoms with Gasteiger partial charge < -0.3 is 10.2 Å². The van der Waals surface area contributed by atoms with E-state index in [1.54, 1.807) is 6.07 Å². The normalized spacial score (nSPS) is 25.7. The first kappa shape index (κ1) is 16.6. The molecule has 4 rings (SSSR count). The largest absolute Gasteiger partial charge is 0.333 e. The van der Waals surface area contributed by atoms with Gasteiger partial charge in [0.25, 0.3) is 0 Å². The smallest absolute Gasteiger partial charge is 0.226 e. The van der Waals surface area contributed by atoms with Crippen molar-refractivity contribution < 1.29 is 9.18 Å². The first-order chi connectivity index (χ1) is 12.1. The third-order valence-electron chi connectivity index (χ3n) is 5.14. The maximum Gasteiger partial charge on any atom is 0.226 e. The Bertz CT molecular complexity index is 797. The lowest BCUT2D eigenvalue weighted by Crippen LogP contribution is -2.49. The van der Waals surface area contributed by atoms with Gasteiger partial charge in [0.15, 0.2) is 0 Å². The zero-order valence-corrected chi connectivity index (χ0v) is 14.5. The minimum atomic E-state index is -0.265. The van der Waals surface area contributed by atoms with Crippen LogP contribution in [-0.2, 0) is 4.79 Å². The number of nitrogens with one attached hydrogen (secondary N) is 1. The molecule has 1 aliphatic heterocycles. The van der Waals surface area contributed by atoms with Gasteiger partial charge in [0, 0.05) is 30.6 Å². The Balaban J connectivity index is 1.52. The molecule has 1 N–H and O–H groups in total. The first-order valence-corrected chi connectivity index (χ1v) is 9.03. The molecular weight excluding hydrogens is 339 g/mol. The minimum Gasteiger partial charge on any atom is -0.333 e. The highest BCUT2D eigenvalue weighted by Gasteiger charge is 2.47. The summed E-state index contributed by atoms with van der Waals surface area (Å²) in [6.45, 7) is 2.08. The highest BCUT2D eigenvalue weighted by atomic mass is 35.5. The van der Waals surface area contributed by atoms with Crippen molar-refractivity contribution in [1.29, 1.82) is 0 Å². The van der Waals surface area contributed by atoms with Crippen LogP contribution in [0.2, 0.25) is 5.02 Å². The monoisotopic (exact) mass is 358 g/mol. The molecule has 1 saturated carbocycles. The molecule has 5 heteroatoms. The predicted octanol–water partition coefficient (Wildman–Crippen LogP) is 3.76. The Labute approximate surface area is 151 Å². The van der Waals surface area contributed by atoms with Crippen LogP contribution in [0, 0.1) is 11.7 Å². The van der Waals surface area contributed by atoms with E-state index in [4.69, 9.17) is 11.6 Å². The van der Waals surface area contributed by atoms with Crippen LogP contribution in [0.5, 0.6) is 0 Å². The number of halogens is 2. The maximum atomic E-state index is 13.6. The molecule has 2 aromatic carbocycles. The first-order valence-electron chi connectivity index (χ1n) is 8.65. The molecule has 25 heavy (non-hydrogen) atoms. The van der Waals surface area contributed by atoms with Gasteiger partial charge in [-0.25, -0.2) is 4.39 Å². The summed E-state index contributed by atoms with van der Waals surface area (Å²) in [5.74, 6) is 0.154. The third-order valence-corrected chi connectivity index (χ3v) is 5.38. The molecule has 1 saturated heterocycles. The highest BCUT2D eigenvalue weighted by molar-refractivity contribution is 6.30. The molecule has 2 aliphatic rings. The van der Waals surface area contributed by atoms with Gasteiger partial charge in [-0.1, -0.05) is 35.9 Å². The van der Waals surface area contributed by atoms with Crippen molar-refractivity contribution >= 4 is 17.5 Å². The van der Waals surface area contributed by atoms with Crippen LogP contribution in [0.15, 0.2) is 48.5 Å². The van der Waals surface area contributed by atoms with Gasteiger partial charge in [-0.05, 0) is 47.7 Å². The summed E-state index contributed by atoms with van der Waals surface area (Å²) in [7, 11) is 0. The molecule has 2 fully saturated rings. The molecule has 3 atom stereocenters. The Morgan fingerprint density at radius 1 is 1.16 bits per heavy atom. The summed E-state index contributed by atoms with van der Waals surface area (Å²) in [5.41, 5.74) is 1.98. The summed E-state index contributed by atoms with van der Waals surface area (Å²) in [4.78, 5) is 15.0. The van der Waals surface area contributed by atoms with Crippen LogP contribution in [0.25, 0.3) is 0 Å². The predicted molar refractivity (Wildman–Crippen MR) is 96.0 cm³/mol. The average molecular weight is 359 g/mol. The van der Waals surface area contributed by atoms with Crippen LogP contribution in [-0.4, -0.2) is 30.4 Å². The Morgan fingerprint density at radius 3 is 2.76 bits per heavy atom. The zero-order valence-electron chi connectivity index (χ0n) is 13.8. The van der Waals surface area contributed by atoms with Crippen molar-refractivity contribution in [1.82, 2.24) is 10.2 Å². The van der Waals surface area contributed by atoms with Crippen molar-refractivity contribution in [2.45, 2.75) is 18.4 Å². The SMILES string of the molecule is O=C(C1CC1c1cccc(Cl)c1)N1CCNCC1c1cccc(F)c1. The van der Waals surface area contributed by atoms with Crippen molar-refractivity contribution in [3.05, 3.63) is 70.5 Å². The lowest BCUT2D eigenvalue weighted by Gasteiger charge is -2.37. The second-order valence-electron chi connectivity index (χ2n) is 6.81. The van der Waals surface area contributed by atoms with Gasteiger partial charge >= 0.3 is 0 Å². The summed E-state index contributed by atoms with van der Waals surface area (Å²) in [6.07, 6.45) is 0.860. The number of nitrogens with zero attached hydrogens (tertiary/aromatic N) is 1. The van der Waals surface area contributed by atoms with E-state index in [1.165, 1.54) is 12.1 Å². The minimum absolute atomic E-state index is 0.00706. The maximum absolute atomic E-state index is 13.6. The van der Waals surface area contributed by atoms with E-state index < -0.39 is 0 Å². The number of rotatable bonds is 3. The quantitative estimate of drug-likeness (QED) is 0.906. The Hall–Kier alpha value is -1.91. The fourth-order valence-corrected chi connectivity index (χ4v) is 3.97. The second kappa shape index (κ2) is 6.77. The highest BCUT2D eigenvalue weighted by Crippen LogP contribution is 2.49. The van der Waals surface area contributed by atoms with Crippen LogP contribution in [0.4, 0.5) is 4.39 Å². The molecule has 130 valence electrons. The number of hydrogen-bond donors (Lipinski definition) is 1. The molecule has 0 bridgehead atoms. The van der Waals surface area contributed by atoms with Gasteiger partial charge in [0.05, 0.1) is 6.04 Å². The van der Waals surface area contributed by atoms with E-state index in [9.17, 15) is 9.18 Å². The number of hydrogen-bond acceptors (Lipinski definition) is 2. The van der Waals surface area contributed by atoms with Crippen LogP contribution < -0.4 is 5.32 Å². The molecule has 3 nitrogen and oxygen atoms in total. The second-order valence-corrected chi connectivity index (χ2v) is 7.25. The zero-order chi connectivity index (χ0) is 17.4. The molecule has 0 radical (unpaired) electrons. The fourth-order valence-electron chi connectivity index (χ4n) is 3.77. The summed E-state index contributed by atoms with van der Waals surface area (Å²) < 4.78 is 13.6. The van der Waals surface area contributed by atoms with Gasteiger partial charge in [0.1, 0.15) is 5.82 Å². The van der Waals surface area contributed by atoms with Crippen molar-refractivity contribution in [2.75, 3.05) is 19.6 Å². The lowest BCUT2D eigenvalue weighted by atomic mass is 10.0. The number of carbonyl (C=O) groups is 1. The molecule has 0 aromatic heterocycles. The topological polar surface area (TPSA) is 32.3 Å². The van der Waals surface area contributed by atoms with E-state index in [1.807, 2.05) is 35.2 Å². The van der Waals surface area contributed by atoms with Gasteiger partial charge in [0.2, 0.25) is 5.91 Å². The van der Waals surface area contributed by atoms with Crippen molar-refractivity contribution in [3.63, 3.8) is 0 Å². The molecule has 3 unspecified atom stereocenters. The number of benzene rings is 2. The summed E-state index contributed by atoms with van der Waals surface area (Å²) >= 11 is 6.07. The van der Waals surface area contributed by atoms with Crippen LogP contribution in [0.1, 0.15) is 29.5 Å².